The van der Waals surface area contributed by atoms with E-state index in [2.05, 4.69) is 142 Å². The van der Waals surface area contributed by atoms with E-state index in [1.165, 1.54) is 77.0 Å². The molecule has 0 aromatic carbocycles. The van der Waals surface area contributed by atoms with Crippen molar-refractivity contribution in [2.24, 2.45) is 0 Å². The summed E-state index contributed by atoms with van der Waals surface area (Å²) in [5.74, 6) is -0.971. The maximum Gasteiger partial charge on any atom is 0.306 e. The van der Waals surface area contributed by atoms with E-state index in [1.807, 2.05) is 0 Å². The van der Waals surface area contributed by atoms with E-state index >= 15 is 0 Å². The molecular formula is C65H106O6. The predicted octanol–water partition coefficient (Wildman–Crippen LogP) is 19.6. The lowest BCUT2D eigenvalue weighted by atomic mass is 10.1. The quantitative estimate of drug-likeness (QED) is 0.0261. The van der Waals surface area contributed by atoms with E-state index in [1.54, 1.807) is 0 Å². The van der Waals surface area contributed by atoms with Gasteiger partial charge >= 0.3 is 17.9 Å². The van der Waals surface area contributed by atoms with Crippen molar-refractivity contribution in [3.05, 3.63) is 122 Å². The first-order chi connectivity index (χ1) is 35.0. The summed E-state index contributed by atoms with van der Waals surface area (Å²) in [5.41, 5.74) is 0. The van der Waals surface area contributed by atoms with Crippen molar-refractivity contribution >= 4 is 17.9 Å². The summed E-state index contributed by atoms with van der Waals surface area (Å²) in [6, 6.07) is 0. The van der Waals surface area contributed by atoms with Gasteiger partial charge in [-0.3, -0.25) is 14.4 Å². The summed E-state index contributed by atoms with van der Waals surface area (Å²) in [7, 11) is 0. The topological polar surface area (TPSA) is 78.9 Å². The Morgan fingerprint density at radius 2 is 0.549 bits per heavy atom. The zero-order chi connectivity index (χ0) is 51.4. The molecule has 1 unspecified atom stereocenters. The highest BCUT2D eigenvalue weighted by molar-refractivity contribution is 5.71. The second kappa shape index (κ2) is 58.4. The van der Waals surface area contributed by atoms with Gasteiger partial charge in [0.1, 0.15) is 13.2 Å². The van der Waals surface area contributed by atoms with E-state index in [-0.39, 0.29) is 31.1 Å². The predicted molar refractivity (Wildman–Crippen MR) is 306 cm³/mol. The third-order valence-electron chi connectivity index (χ3n) is 11.9. The van der Waals surface area contributed by atoms with Gasteiger partial charge in [0.2, 0.25) is 0 Å². The molecule has 0 aliphatic heterocycles. The van der Waals surface area contributed by atoms with Crippen LogP contribution >= 0.6 is 0 Å². The Balaban J connectivity index is 4.48. The van der Waals surface area contributed by atoms with Crippen LogP contribution in [0.4, 0.5) is 0 Å². The highest BCUT2D eigenvalue weighted by Crippen LogP contribution is 2.14. The molecule has 0 spiro atoms. The standard InChI is InChI=1S/C65H106O6/c1-4-7-10-13-16-19-22-25-28-30-31-32-33-35-37-40-43-46-49-52-55-58-64(67)70-61-62(60-69-63(66)57-54-51-48-45-42-39-36-27-24-21-18-15-12-9-6-3)71-65(68)59-56-53-50-47-44-41-38-34-29-26-23-20-17-14-11-8-5-2/h8-9,11-12,17-18,20-22,25-27,29-31,33,35-36,42,45,62H,4-7,10,13-16,19,23-24,28,32,34,37-41,43-44,46-61H2,1-3H3/b11-8-,12-9-,20-17-,21-18-,25-22-,29-26-,31-30-,35-33-,36-27-,45-42-. The summed E-state index contributed by atoms with van der Waals surface area (Å²) in [6.07, 6.45) is 80.5. The number of esters is 3. The van der Waals surface area contributed by atoms with E-state index in [9.17, 15) is 14.4 Å². The Morgan fingerprint density at radius 1 is 0.296 bits per heavy atom. The molecule has 0 bridgehead atoms. The fourth-order valence-corrected chi connectivity index (χ4v) is 7.63. The molecule has 0 heterocycles. The summed E-state index contributed by atoms with van der Waals surface area (Å²) < 4.78 is 16.8. The number of unbranched alkanes of at least 4 members (excludes halogenated alkanes) is 20. The first-order valence-corrected chi connectivity index (χ1v) is 29.0. The molecule has 0 aliphatic rings. The van der Waals surface area contributed by atoms with E-state index in [4.69, 9.17) is 14.2 Å². The Hall–Kier alpha value is -4.19. The van der Waals surface area contributed by atoms with Crippen LogP contribution in [-0.2, 0) is 28.6 Å². The lowest BCUT2D eigenvalue weighted by Crippen LogP contribution is -2.30. The van der Waals surface area contributed by atoms with Crippen LogP contribution in [0.15, 0.2) is 122 Å². The molecule has 0 radical (unpaired) electrons. The second-order valence-corrected chi connectivity index (χ2v) is 18.8. The smallest absolute Gasteiger partial charge is 0.306 e. The van der Waals surface area contributed by atoms with Crippen molar-refractivity contribution in [2.75, 3.05) is 13.2 Å². The van der Waals surface area contributed by atoms with Crippen LogP contribution in [0.3, 0.4) is 0 Å². The average Bonchev–Trinajstić information content (AvgIpc) is 3.37. The number of ether oxygens (including phenoxy) is 3. The fourth-order valence-electron chi connectivity index (χ4n) is 7.63. The molecule has 402 valence electrons. The molecule has 0 amide bonds. The Bertz CT molecular complexity index is 1500. The largest absolute Gasteiger partial charge is 0.462 e. The number of carbonyl (C=O) groups is 3. The van der Waals surface area contributed by atoms with Gasteiger partial charge in [-0.1, -0.05) is 226 Å². The van der Waals surface area contributed by atoms with E-state index in [0.29, 0.717) is 19.3 Å². The first kappa shape index (κ1) is 66.8. The van der Waals surface area contributed by atoms with Gasteiger partial charge in [-0.2, -0.15) is 0 Å². The number of rotatable bonds is 51. The van der Waals surface area contributed by atoms with Crippen LogP contribution in [0, 0.1) is 0 Å². The Labute approximate surface area is 437 Å². The number of hydrogen-bond acceptors (Lipinski definition) is 6. The van der Waals surface area contributed by atoms with Crippen molar-refractivity contribution in [1.82, 2.24) is 0 Å². The summed E-state index contributed by atoms with van der Waals surface area (Å²) >= 11 is 0. The van der Waals surface area contributed by atoms with Crippen LogP contribution in [0.25, 0.3) is 0 Å². The van der Waals surface area contributed by atoms with Gasteiger partial charge in [0.05, 0.1) is 0 Å². The maximum atomic E-state index is 12.9. The minimum absolute atomic E-state index is 0.105. The molecule has 0 N–H and O–H groups in total. The monoisotopic (exact) mass is 983 g/mol. The number of carbonyl (C=O) groups excluding carboxylic acids is 3. The Kier molecular flexibility index (Phi) is 54.9. The average molecular weight is 984 g/mol. The van der Waals surface area contributed by atoms with Gasteiger partial charge in [0.15, 0.2) is 6.10 Å². The SMILES string of the molecule is CC/C=C\C/C=C\C/C=C\C/C=C\CCCCC(=O)OCC(COC(=O)CCCCCCCC/C=C\C/C=C\C/C=C\CCCCCCC)OC(=O)CCCCCCCCC/C=C\C/C=C\C/C=C\CC. The zero-order valence-electron chi connectivity index (χ0n) is 45.9. The molecule has 0 aliphatic carbocycles. The highest BCUT2D eigenvalue weighted by atomic mass is 16.6. The van der Waals surface area contributed by atoms with Gasteiger partial charge in [-0.05, 0) is 128 Å². The van der Waals surface area contributed by atoms with Crippen molar-refractivity contribution in [1.29, 1.82) is 0 Å². The minimum Gasteiger partial charge on any atom is -0.462 e. The molecule has 1 atom stereocenters. The lowest BCUT2D eigenvalue weighted by molar-refractivity contribution is -0.167. The highest BCUT2D eigenvalue weighted by Gasteiger charge is 2.19. The maximum absolute atomic E-state index is 12.9. The molecule has 0 aromatic heterocycles. The second-order valence-electron chi connectivity index (χ2n) is 18.8. The molecule has 0 saturated carbocycles. The van der Waals surface area contributed by atoms with E-state index < -0.39 is 6.10 Å². The van der Waals surface area contributed by atoms with E-state index in [0.717, 1.165) is 135 Å². The summed E-state index contributed by atoms with van der Waals surface area (Å²) in [4.78, 5) is 38.2. The molecule has 71 heavy (non-hydrogen) atoms. The van der Waals surface area contributed by atoms with Gasteiger partial charge in [0.25, 0.3) is 0 Å². The molecule has 6 nitrogen and oxygen atoms in total. The van der Waals surface area contributed by atoms with Gasteiger partial charge < -0.3 is 14.2 Å². The molecule has 0 fully saturated rings. The molecular weight excluding hydrogens is 877 g/mol. The van der Waals surface area contributed by atoms with Crippen LogP contribution < -0.4 is 0 Å². The van der Waals surface area contributed by atoms with Crippen LogP contribution in [0.5, 0.6) is 0 Å². The number of hydrogen-bond donors (Lipinski definition) is 0. The van der Waals surface area contributed by atoms with Crippen LogP contribution in [0.1, 0.15) is 252 Å². The van der Waals surface area contributed by atoms with Gasteiger partial charge in [0, 0.05) is 19.3 Å². The number of allylic oxidation sites excluding steroid dienone is 20. The normalized spacial score (nSPS) is 13.0. The van der Waals surface area contributed by atoms with Crippen LogP contribution in [0.2, 0.25) is 0 Å². The first-order valence-electron chi connectivity index (χ1n) is 29.0. The van der Waals surface area contributed by atoms with Gasteiger partial charge in [-0.15, -0.1) is 0 Å². The zero-order valence-corrected chi connectivity index (χ0v) is 45.9. The Morgan fingerprint density at radius 3 is 0.887 bits per heavy atom. The van der Waals surface area contributed by atoms with Crippen LogP contribution in [-0.4, -0.2) is 37.2 Å². The molecule has 0 rings (SSSR count). The van der Waals surface area contributed by atoms with Gasteiger partial charge in [-0.25, -0.2) is 0 Å². The summed E-state index contributed by atoms with van der Waals surface area (Å²) in [6.45, 7) is 6.35. The molecule has 0 saturated heterocycles. The van der Waals surface area contributed by atoms with Crippen molar-refractivity contribution < 1.29 is 28.6 Å². The lowest BCUT2D eigenvalue weighted by Gasteiger charge is -2.18. The van der Waals surface area contributed by atoms with Crippen molar-refractivity contribution in [3.63, 3.8) is 0 Å². The van der Waals surface area contributed by atoms with Crippen molar-refractivity contribution in [2.45, 2.75) is 258 Å². The molecule has 6 heteroatoms. The summed E-state index contributed by atoms with van der Waals surface area (Å²) in [5, 5.41) is 0. The third-order valence-corrected chi connectivity index (χ3v) is 11.9. The third kappa shape index (κ3) is 56.6. The van der Waals surface area contributed by atoms with Crippen molar-refractivity contribution in [3.8, 4) is 0 Å². The minimum atomic E-state index is -0.810. The molecule has 0 aromatic rings. The fraction of sp³-hybridized carbons (Fsp3) is 0.646.